The van der Waals surface area contributed by atoms with E-state index >= 15 is 0 Å². The summed E-state index contributed by atoms with van der Waals surface area (Å²) in [5.41, 5.74) is 13.1. The van der Waals surface area contributed by atoms with Gasteiger partial charge in [-0.25, -0.2) is 4.98 Å². The molecule has 0 saturated heterocycles. The van der Waals surface area contributed by atoms with Crippen LogP contribution >= 0.6 is 11.3 Å². The molecule has 0 aliphatic rings. The van der Waals surface area contributed by atoms with Crippen LogP contribution in [0.5, 0.6) is 0 Å². The lowest BCUT2D eigenvalue weighted by Gasteiger charge is -2.28. The molecule has 0 fully saturated rings. The van der Waals surface area contributed by atoms with Crippen LogP contribution in [-0.2, 0) is 0 Å². The molecule has 0 aliphatic heterocycles. The molecule has 2 aromatic heterocycles. The van der Waals surface area contributed by atoms with Gasteiger partial charge in [-0.15, -0.1) is 11.3 Å². The van der Waals surface area contributed by atoms with Crippen LogP contribution in [0.3, 0.4) is 0 Å². The largest absolute Gasteiger partial charge is 0.436 e. The number of hydrogen-bond donors (Lipinski definition) is 0. The Morgan fingerprint density at radius 1 is 0.415 bits per heavy atom. The predicted molar refractivity (Wildman–Crippen MR) is 223 cm³/mol. The van der Waals surface area contributed by atoms with E-state index in [0.717, 1.165) is 39.3 Å². The van der Waals surface area contributed by atoms with E-state index in [1.165, 1.54) is 48.0 Å². The molecule has 3 nitrogen and oxygen atoms in total. The standard InChI is InChI=1S/C49H32N2OS/c1-5-13-33(14-6-1)34-21-25-40(26-22-34)51(39-19-11-4-12-20-39)45-28-24-37(29-42(45)35-15-7-2-8-16-35)38-23-27-41-43-31-44-46(32-48(43)53-47(41)30-38)52-49(50-44)36-17-9-3-10-18-36/h1-32H. The lowest BCUT2D eigenvalue weighted by atomic mass is 9.95. The summed E-state index contributed by atoms with van der Waals surface area (Å²) in [4.78, 5) is 7.21. The van der Waals surface area contributed by atoms with Gasteiger partial charge in [-0.1, -0.05) is 127 Å². The number of nitrogens with zero attached hydrogens (tertiary/aromatic N) is 2. The molecule has 0 radical (unpaired) electrons. The van der Waals surface area contributed by atoms with Crippen molar-refractivity contribution >= 4 is 59.7 Å². The summed E-state index contributed by atoms with van der Waals surface area (Å²) < 4.78 is 8.65. The summed E-state index contributed by atoms with van der Waals surface area (Å²) >= 11 is 1.80. The van der Waals surface area contributed by atoms with Crippen LogP contribution in [0.1, 0.15) is 0 Å². The lowest BCUT2D eigenvalue weighted by Crippen LogP contribution is -2.11. The Kier molecular flexibility index (Phi) is 7.67. The molecule has 2 heterocycles. The third kappa shape index (κ3) is 5.76. The molecule has 0 saturated carbocycles. The van der Waals surface area contributed by atoms with E-state index in [0.29, 0.717) is 5.89 Å². The molecule has 0 N–H and O–H groups in total. The van der Waals surface area contributed by atoms with Crippen LogP contribution < -0.4 is 4.90 Å². The average molecular weight is 697 g/mol. The summed E-state index contributed by atoms with van der Waals surface area (Å²) in [6.45, 7) is 0. The first-order valence-corrected chi connectivity index (χ1v) is 18.6. The van der Waals surface area contributed by atoms with Crippen molar-refractivity contribution in [2.75, 3.05) is 4.90 Å². The van der Waals surface area contributed by atoms with E-state index in [9.17, 15) is 0 Å². The monoisotopic (exact) mass is 696 g/mol. The van der Waals surface area contributed by atoms with E-state index in [1.54, 1.807) is 11.3 Å². The quantitative estimate of drug-likeness (QED) is 0.166. The first-order chi connectivity index (χ1) is 26.2. The van der Waals surface area contributed by atoms with Crippen molar-refractivity contribution in [2.24, 2.45) is 0 Å². The molecule has 0 aliphatic carbocycles. The molecule has 10 rings (SSSR count). The van der Waals surface area contributed by atoms with Crippen LogP contribution in [-0.4, -0.2) is 4.98 Å². The maximum absolute atomic E-state index is 6.22. The van der Waals surface area contributed by atoms with Crippen molar-refractivity contribution in [2.45, 2.75) is 0 Å². The number of oxazole rings is 1. The Morgan fingerprint density at radius 3 is 1.68 bits per heavy atom. The first-order valence-electron chi connectivity index (χ1n) is 17.8. The summed E-state index contributed by atoms with van der Waals surface area (Å²) in [7, 11) is 0. The minimum Gasteiger partial charge on any atom is -0.436 e. The molecule has 4 heteroatoms. The van der Waals surface area contributed by atoms with Gasteiger partial charge < -0.3 is 9.32 Å². The minimum atomic E-state index is 0.651. The van der Waals surface area contributed by atoms with Crippen molar-refractivity contribution in [3.63, 3.8) is 0 Å². The zero-order valence-corrected chi connectivity index (χ0v) is 29.5. The molecule has 8 aromatic carbocycles. The van der Waals surface area contributed by atoms with Crippen LogP contribution in [0, 0.1) is 0 Å². The first kappa shape index (κ1) is 31.0. The minimum absolute atomic E-state index is 0.651. The van der Waals surface area contributed by atoms with Crippen molar-refractivity contribution < 1.29 is 4.42 Å². The van der Waals surface area contributed by atoms with Crippen LogP contribution in [0.25, 0.3) is 76.1 Å². The second-order valence-corrected chi connectivity index (χ2v) is 14.3. The summed E-state index contributed by atoms with van der Waals surface area (Å²) in [6, 6.07) is 68.9. The van der Waals surface area contributed by atoms with Gasteiger partial charge in [0.05, 0.1) is 5.69 Å². The Morgan fingerprint density at radius 2 is 0.962 bits per heavy atom. The molecule has 0 amide bonds. The van der Waals surface area contributed by atoms with E-state index in [2.05, 4.69) is 169 Å². The lowest BCUT2D eigenvalue weighted by molar-refractivity contribution is 0.620. The van der Waals surface area contributed by atoms with E-state index in [-0.39, 0.29) is 0 Å². The Hall–Kier alpha value is -6.75. The SMILES string of the molecule is c1ccc(-c2ccc(N(c3ccccc3)c3ccc(-c4ccc5c(c4)sc4cc6oc(-c7ccccc7)nc6cc45)cc3-c3ccccc3)cc2)cc1. The maximum atomic E-state index is 6.22. The highest BCUT2D eigenvalue weighted by atomic mass is 32.1. The van der Waals surface area contributed by atoms with Crippen LogP contribution in [0.2, 0.25) is 0 Å². The van der Waals surface area contributed by atoms with Gasteiger partial charge in [0.15, 0.2) is 5.58 Å². The van der Waals surface area contributed by atoms with Crippen LogP contribution in [0.4, 0.5) is 17.1 Å². The molecule has 10 aromatic rings. The summed E-state index contributed by atoms with van der Waals surface area (Å²) in [5.74, 6) is 0.651. The highest BCUT2D eigenvalue weighted by Gasteiger charge is 2.19. The molecule has 250 valence electrons. The Bertz CT molecular complexity index is 2860. The number of fused-ring (bicyclic) bond motifs is 4. The summed E-state index contributed by atoms with van der Waals surface area (Å²) in [6.07, 6.45) is 0. The van der Waals surface area contributed by atoms with E-state index in [4.69, 9.17) is 9.40 Å². The number of anilines is 3. The third-order valence-corrected chi connectivity index (χ3v) is 11.0. The van der Waals surface area contributed by atoms with Gasteiger partial charge in [-0.2, -0.15) is 0 Å². The molecule has 53 heavy (non-hydrogen) atoms. The topological polar surface area (TPSA) is 29.3 Å². The van der Waals surface area contributed by atoms with E-state index < -0.39 is 0 Å². The zero-order valence-electron chi connectivity index (χ0n) is 28.7. The number of thiophene rings is 1. The normalized spacial score (nSPS) is 11.4. The maximum Gasteiger partial charge on any atom is 0.227 e. The second kappa shape index (κ2) is 13.1. The number of benzene rings is 8. The number of rotatable bonds is 7. The van der Waals surface area contributed by atoms with Crippen LogP contribution in [0.15, 0.2) is 199 Å². The number of hydrogen-bond acceptors (Lipinski definition) is 4. The van der Waals surface area contributed by atoms with Gasteiger partial charge in [-0.3, -0.25) is 0 Å². The molecule has 0 spiro atoms. The fraction of sp³-hybridized carbons (Fsp3) is 0. The average Bonchev–Trinajstić information content (AvgIpc) is 3.82. The smallest absolute Gasteiger partial charge is 0.227 e. The second-order valence-electron chi connectivity index (χ2n) is 13.2. The van der Waals surface area contributed by atoms with Gasteiger partial charge in [0.1, 0.15) is 5.52 Å². The highest BCUT2D eigenvalue weighted by molar-refractivity contribution is 7.25. The molecule has 0 atom stereocenters. The van der Waals surface area contributed by atoms with Gasteiger partial charge in [-0.05, 0) is 88.5 Å². The Labute approximate surface area is 311 Å². The van der Waals surface area contributed by atoms with Crippen molar-refractivity contribution in [1.29, 1.82) is 0 Å². The van der Waals surface area contributed by atoms with Gasteiger partial charge in [0, 0.05) is 48.7 Å². The van der Waals surface area contributed by atoms with E-state index in [1.807, 2.05) is 30.3 Å². The number of aromatic nitrogens is 1. The number of para-hydroxylation sites is 1. The molecule has 0 unspecified atom stereocenters. The fourth-order valence-corrected chi connectivity index (χ4v) is 8.43. The summed E-state index contributed by atoms with van der Waals surface area (Å²) in [5, 5.41) is 2.43. The molecular weight excluding hydrogens is 665 g/mol. The predicted octanol–water partition coefficient (Wildman–Crippen LogP) is 14.3. The van der Waals surface area contributed by atoms with Crippen molar-refractivity contribution in [1.82, 2.24) is 4.98 Å². The molecular formula is C49H32N2OS. The van der Waals surface area contributed by atoms with Gasteiger partial charge in [0.25, 0.3) is 0 Å². The highest BCUT2D eigenvalue weighted by Crippen LogP contribution is 2.44. The van der Waals surface area contributed by atoms with Crippen molar-refractivity contribution in [3.8, 4) is 44.8 Å². The third-order valence-electron chi connectivity index (χ3n) is 9.90. The van der Waals surface area contributed by atoms with Crippen molar-refractivity contribution in [3.05, 3.63) is 194 Å². The Balaban J connectivity index is 1.07. The van der Waals surface area contributed by atoms with Gasteiger partial charge in [0.2, 0.25) is 5.89 Å². The van der Waals surface area contributed by atoms with Gasteiger partial charge >= 0.3 is 0 Å². The zero-order chi connectivity index (χ0) is 35.1. The fourth-order valence-electron chi connectivity index (χ4n) is 7.28. The molecule has 0 bridgehead atoms.